The summed E-state index contributed by atoms with van der Waals surface area (Å²) >= 11 is 0.901. The average Bonchev–Trinajstić information content (AvgIpc) is 3.82. The Hall–Kier alpha value is -3.23. The van der Waals surface area contributed by atoms with Crippen molar-refractivity contribution in [1.82, 2.24) is 14.2 Å². The topological polar surface area (TPSA) is 142 Å². The van der Waals surface area contributed by atoms with E-state index in [0.717, 1.165) is 23.7 Å². The van der Waals surface area contributed by atoms with Gasteiger partial charge in [0.05, 0.1) is 63.0 Å². The van der Waals surface area contributed by atoms with Crippen LogP contribution in [0.5, 0.6) is 0 Å². The molecule has 2 aliphatic rings. The number of nitrogens with zero attached hydrogens (tertiary/aromatic N) is 3. The number of ether oxygens (including phenoxy) is 2. The second-order valence-electron chi connectivity index (χ2n) is 9.63. The molecule has 2 aliphatic heterocycles. The fraction of sp³-hybridized carbons (Fsp3) is 0.448. The number of fused-ring (bicyclic) bond motifs is 2. The van der Waals surface area contributed by atoms with Crippen LogP contribution in [0.15, 0.2) is 65.6 Å². The maximum absolute atomic E-state index is 14.6. The molecule has 42 heavy (non-hydrogen) atoms. The lowest BCUT2D eigenvalue weighted by Gasteiger charge is -2.39. The van der Waals surface area contributed by atoms with Gasteiger partial charge in [-0.25, -0.2) is 18.2 Å². The van der Waals surface area contributed by atoms with Gasteiger partial charge in [-0.2, -0.15) is 4.31 Å². The number of aromatic nitrogens is 1. The van der Waals surface area contributed by atoms with Crippen LogP contribution in [-0.2, 0) is 25.9 Å². The largest absolute Gasteiger partial charge is 0.472 e. The Balaban J connectivity index is 1.83. The molecule has 3 N–H and O–H groups in total. The number of hydrogen-bond acceptors (Lipinski definition) is 9. The van der Waals surface area contributed by atoms with Crippen molar-refractivity contribution < 1.29 is 49.3 Å². The Bertz CT molecular complexity index is 2110. The predicted molar refractivity (Wildman–Crippen MR) is 160 cm³/mol. The second kappa shape index (κ2) is 12.6. The molecule has 3 heterocycles. The Morgan fingerprint density at radius 2 is 2.10 bits per heavy atom. The zero-order valence-corrected chi connectivity index (χ0v) is 24.3. The molecule has 0 radical (unpaired) electrons. The van der Waals surface area contributed by atoms with Gasteiger partial charge in [-0.1, -0.05) is 55.4 Å². The van der Waals surface area contributed by atoms with Crippen molar-refractivity contribution in [3.8, 4) is 0 Å². The van der Waals surface area contributed by atoms with Crippen LogP contribution in [0, 0.1) is 11.8 Å². The first-order valence-corrected chi connectivity index (χ1v) is 14.9. The average molecular weight is 629 g/mol. The molecule has 1 aromatic heterocycles. The van der Waals surface area contributed by atoms with E-state index in [1.54, 1.807) is 0 Å². The van der Waals surface area contributed by atoms with Gasteiger partial charge in [0.2, 0.25) is 16.3 Å². The SMILES string of the molecule is [2H]c1c([2H])c([2H])c(C([2H])([2H])[C@]([2H])(N(C(=O)O)C2CO[C@@H]3OC=C[C@@H]23)[C@]([2H])(O)C([2H])([2H])N(CC(C)C)S(=O)(=O)c2ccc3nc(NC)sc3c2[2H])c([2H])c1[2H]. The van der Waals surface area contributed by atoms with E-state index in [1.165, 1.54) is 33.0 Å². The zero-order chi connectivity index (χ0) is 40.7. The molecule has 0 spiro atoms. The third-order valence-corrected chi connectivity index (χ3v) is 8.89. The van der Waals surface area contributed by atoms with E-state index in [-0.39, 0.29) is 19.4 Å². The molecule has 0 aliphatic carbocycles. The van der Waals surface area contributed by atoms with E-state index in [4.69, 9.17) is 17.7 Å². The van der Waals surface area contributed by atoms with Crippen LogP contribution >= 0.6 is 11.3 Å². The van der Waals surface area contributed by atoms with Gasteiger partial charge in [0, 0.05) is 25.6 Å². The minimum absolute atomic E-state index is 0.0543. The highest BCUT2D eigenvalue weighted by molar-refractivity contribution is 7.89. The smallest absolute Gasteiger partial charge is 0.408 e. The monoisotopic (exact) mass is 628 g/mol. The van der Waals surface area contributed by atoms with Crippen LogP contribution in [0.4, 0.5) is 9.93 Å². The summed E-state index contributed by atoms with van der Waals surface area (Å²) in [5.41, 5.74) is -1.22. The summed E-state index contributed by atoms with van der Waals surface area (Å²) in [6, 6.07) is -10.5. The van der Waals surface area contributed by atoms with Crippen LogP contribution in [0.2, 0.25) is 0 Å². The molecule has 5 atom stereocenters. The molecule has 1 saturated heterocycles. The third kappa shape index (κ3) is 6.25. The first kappa shape index (κ1) is 18.4. The maximum atomic E-state index is 14.6. The van der Waals surface area contributed by atoms with Crippen molar-refractivity contribution in [2.24, 2.45) is 11.8 Å². The van der Waals surface area contributed by atoms with E-state index in [0.29, 0.717) is 5.13 Å². The summed E-state index contributed by atoms with van der Waals surface area (Å²) in [5, 5.41) is 26.2. The summed E-state index contributed by atoms with van der Waals surface area (Å²) in [4.78, 5) is 16.6. The number of sulfonamides is 1. The highest BCUT2D eigenvalue weighted by atomic mass is 32.2. The van der Waals surface area contributed by atoms with Gasteiger partial charge in [0.25, 0.3) is 0 Å². The summed E-state index contributed by atoms with van der Waals surface area (Å²) in [7, 11) is -3.84. The maximum Gasteiger partial charge on any atom is 0.408 e. The molecule has 1 amide bonds. The van der Waals surface area contributed by atoms with Crippen LogP contribution in [0.3, 0.4) is 0 Å². The van der Waals surface area contributed by atoms with Gasteiger partial charge in [0.1, 0.15) is 0 Å². The van der Waals surface area contributed by atoms with Crippen LogP contribution in [0.1, 0.15) is 35.9 Å². The number of anilines is 1. The summed E-state index contributed by atoms with van der Waals surface area (Å²) in [6.45, 7) is -2.91. The Morgan fingerprint density at radius 3 is 2.79 bits per heavy atom. The normalized spacial score (nSPS) is 27.7. The summed E-state index contributed by atoms with van der Waals surface area (Å²) in [6.07, 6.45) is -9.79. The van der Waals surface area contributed by atoms with E-state index in [2.05, 4.69) is 10.3 Å². The number of hydrogen-bond donors (Lipinski definition) is 3. The van der Waals surface area contributed by atoms with Crippen LogP contribution < -0.4 is 5.32 Å². The quantitative estimate of drug-likeness (QED) is 0.273. The van der Waals surface area contributed by atoms with Gasteiger partial charge >= 0.3 is 6.09 Å². The highest BCUT2D eigenvalue weighted by Gasteiger charge is 2.48. The van der Waals surface area contributed by atoms with Crippen molar-refractivity contribution in [2.45, 2.75) is 49.5 Å². The number of amides is 1. The molecule has 2 aromatic carbocycles. The molecule has 13 heteroatoms. The number of carbonyl (C=O) groups is 1. The van der Waals surface area contributed by atoms with Gasteiger partial charge < -0.3 is 25.0 Å². The lowest BCUT2D eigenvalue weighted by atomic mass is 9.94. The molecule has 226 valence electrons. The van der Waals surface area contributed by atoms with Crippen molar-refractivity contribution in [3.63, 3.8) is 0 Å². The number of thiazole rings is 1. The van der Waals surface area contributed by atoms with E-state index in [1.807, 2.05) is 0 Å². The van der Waals surface area contributed by atoms with Crippen molar-refractivity contribution in [2.75, 3.05) is 32.0 Å². The van der Waals surface area contributed by atoms with Gasteiger partial charge in [0.15, 0.2) is 5.13 Å². The number of aliphatic hydroxyl groups is 1. The third-order valence-electron chi connectivity index (χ3n) is 6.28. The Kier molecular flexibility index (Phi) is 5.51. The lowest BCUT2D eigenvalue weighted by molar-refractivity contribution is -0.0690. The minimum Gasteiger partial charge on any atom is -0.472 e. The number of nitrogens with one attached hydrogen (secondary N) is 1. The molecular formula is C29H36N4O7S2. The van der Waals surface area contributed by atoms with Gasteiger partial charge in [-0.3, -0.25) is 4.90 Å². The number of benzene rings is 2. The Labute approximate surface area is 266 Å². The molecule has 3 aromatic rings. The lowest BCUT2D eigenvalue weighted by Crippen LogP contribution is -2.57. The highest BCUT2D eigenvalue weighted by Crippen LogP contribution is 2.35. The summed E-state index contributed by atoms with van der Waals surface area (Å²) < 4.78 is 146. The first-order chi connectivity index (χ1) is 24.8. The molecule has 0 bridgehead atoms. The van der Waals surface area contributed by atoms with Crippen LogP contribution in [0.25, 0.3) is 10.2 Å². The number of carboxylic acid groups (broad SMARTS) is 1. The standard InChI is InChI=1S/C29H36N4O7S2/c1-18(2)15-32(42(37,38)20-9-10-22-26(14-20)41-28(30-3)31-22)16-25(34)23(13-19-7-5-4-6-8-19)33(29(35)36)24-17-40-27-21(24)11-12-39-27/h4-12,14,18,21,23-25,27,34H,13,15-17H2,1-3H3,(H,30,31)(H,35,36)/t21-,23-,24?,25+,27-/m0/s1/i4D,5D,6D,7D,8D,13D2,14D,16D2,23D,25D. The first-order valence-electron chi connectivity index (χ1n) is 18.7. The summed E-state index contributed by atoms with van der Waals surface area (Å²) in [5.74, 6) is -1.97. The van der Waals surface area contributed by atoms with Crippen molar-refractivity contribution >= 4 is 42.8 Å². The fourth-order valence-corrected chi connectivity index (χ4v) is 6.69. The van der Waals surface area contributed by atoms with Crippen molar-refractivity contribution in [1.29, 1.82) is 0 Å². The molecule has 1 unspecified atom stereocenters. The minimum atomic E-state index is -5.38. The zero-order valence-electron chi connectivity index (χ0n) is 34.6. The van der Waals surface area contributed by atoms with Crippen molar-refractivity contribution in [3.05, 3.63) is 66.3 Å². The van der Waals surface area contributed by atoms with E-state index in [9.17, 15) is 31.6 Å². The molecule has 0 saturated carbocycles. The molecule has 1 fully saturated rings. The molecular weight excluding hydrogens is 580 g/mol. The Morgan fingerprint density at radius 1 is 1.33 bits per heavy atom. The number of rotatable bonds is 12. The predicted octanol–water partition coefficient (Wildman–Crippen LogP) is 3.82. The molecule has 11 nitrogen and oxygen atoms in total. The van der Waals surface area contributed by atoms with E-state index < -0.39 is 125 Å². The van der Waals surface area contributed by atoms with Crippen LogP contribution in [-0.4, -0.2) is 90.0 Å². The fourth-order valence-electron chi connectivity index (χ4n) is 4.40. The van der Waals surface area contributed by atoms with Gasteiger partial charge in [-0.15, -0.1) is 0 Å². The van der Waals surface area contributed by atoms with E-state index >= 15 is 0 Å². The second-order valence-corrected chi connectivity index (χ2v) is 12.5. The van der Waals surface area contributed by atoms with Gasteiger partial charge in [-0.05, 0) is 42.1 Å². The molecule has 5 rings (SSSR count).